The molecular formula is C18H18O5. The molecule has 4 rings (SSSR count). The summed E-state index contributed by atoms with van der Waals surface area (Å²) in [4.78, 5) is 36.4. The minimum Gasteiger partial charge on any atom is -0.462 e. The zero-order valence-electron chi connectivity index (χ0n) is 12.9. The smallest absolute Gasteiger partial charge is 0.310 e. The molecule has 0 amide bonds. The Hall–Kier alpha value is -2.17. The van der Waals surface area contributed by atoms with Crippen LogP contribution in [0.15, 0.2) is 24.3 Å². The Morgan fingerprint density at radius 1 is 1.22 bits per heavy atom. The Morgan fingerprint density at radius 2 is 1.96 bits per heavy atom. The summed E-state index contributed by atoms with van der Waals surface area (Å²) in [6, 6.07) is 7.14. The first-order valence-electron chi connectivity index (χ1n) is 8.01. The second kappa shape index (κ2) is 5.18. The summed E-state index contributed by atoms with van der Waals surface area (Å²) >= 11 is 0. The van der Waals surface area contributed by atoms with E-state index < -0.39 is 11.9 Å². The van der Waals surface area contributed by atoms with Gasteiger partial charge in [-0.05, 0) is 25.7 Å². The van der Waals surface area contributed by atoms with Crippen molar-refractivity contribution >= 4 is 17.7 Å². The SMILES string of the molecule is Cc1ccc(C(=O)COC(=O)[C@@H]2[C@H]3C[C@@H]4[C@@H]2C(=O)O[C@@H]4C3)cc1. The van der Waals surface area contributed by atoms with Crippen LogP contribution in [0, 0.1) is 30.6 Å². The van der Waals surface area contributed by atoms with E-state index in [2.05, 4.69) is 0 Å². The standard InChI is InChI=1S/C18H18O5/c1-9-2-4-10(5-3-9)13(19)8-22-17(20)15-11-6-12-14(7-11)23-18(21)16(12)15/h2-5,11-12,14-16H,6-8H2,1H3/t11-,12-,14+,15+,16-/m0/s1. The molecule has 1 saturated heterocycles. The maximum absolute atomic E-state index is 12.4. The molecule has 1 heterocycles. The van der Waals surface area contributed by atoms with Gasteiger partial charge in [-0.25, -0.2) is 0 Å². The molecule has 2 aliphatic carbocycles. The number of Topliss-reactive ketones (excluding diaryl/α,β-unsaturated/α-hetero) is 1. The van der Waals surface area contributed by atoms with Crippen LogP contribution < -0.4 is 0 Å². The number of fused-ring (bicyclic) bond motifs is 1. The number of ketones is 1. The largest absolute Gasteiger partial charge is 0.462 e. The van der Waals surface area contributed by atoms with E-state index in [9.17, 15) is 14.4 Å². The number of esters is 2. The highest BCUT2D eigenvalue weighted by atomic mass is 16.6. The highest BCUT2D eigenvalue weighted by molar-refractivity contribution is 5.98. The van der Waals surface area contributed by atoms with Crippen molar-refractivity contribution in [1.82, 2.24) is 0 Å². The van der Waals surface area contributed by atoms with Crippen molar-refractivity contribution in [1.29, 1.82) is 0 Å². The van der Waals surface area contributed by atoms with Gasteiger partial charge in [-0.15, -0.1) is 0 Å². The third-order valence-electron chi connectivity index (χ3n) is 5.47. The minimum absolute atomic E-state index is 0.00394. The lowest BCUT2D eigenvalue weighted by molar-refractivity contribution is -0.154. The van der Waals surface area contributed by atoms with Crippen molar-refractivity contribution < 1.29 is 23.9 Å². The Kier molecular flexibility index (Phi) is 3.25. The zero-order valence-corrected chi connectivity index (χ0v) is 12.9. The van der Waals surface area contributed by atoms with Crippen molar-refractivity contribution in [2.24, 2.45) is 23.7 Å². The van der Waals surface area contributed by atoms with Crippen LogP contribution in [0.1, 0.15) is 28.8 Å². The molecule has 2 bridgehead atoms. The fraction of sp³-hybridized carbons (Fsp3) is 0.500. The van der Waals surface area contributed by atoms with Crippen LogP contribution in [0.4, 0.5) is 0 Å². The number of ether oxygens (including phenoxy) is 2. The Morgan fingerprint density at radius 3 is 2.70 bits per heavy atom. The molecule has 23 heavy (non-hydrogen) atoms. The summed E-state index contributed by atoms with van der Waals surface area (Å²) in [7, 11) is 0. The topological polar surface area (TPSA) is 69.7 Å². The van der Waals surface area contributed by atoms with Gasteiger partial charge in [0.2, 0.25) is 0 Å². The number of benzene rings is 1. The number of hydrogen-bond donors (Lipinski definition) is 0. The van der Waals surface area contributed by atoms with Crippen LogP contribution in [0.3, 0.4) is 0 Å². The van der Waals surface area contributed by atoms with Crippen LogP contribution in [-0.4, -0.2) is 30.4 Å². The molecular weight excluding hydrogens is 296 g/mol. The minimum atomic E-state index is -0.433. The molecule has 5 atom stereocenters. The Bertz CT molecular complexity index is 675. The first kappa shape index (κ1) is 14.4. The number of rotatable bonds is 4. The third-order valence-corrected chi connectivity index (χ3v) is 5.47. The van der Waals surface area contributed by atoms with Gasteiger partial charge in [0.1, 0.15) is 6.10 Å². The third kappa shape index (κ3) is 2.26. The molecule has 1 aliphatic heterocycles. The van der Waals surface area contributed by atoms with Crippen LogP contribution in [0.25, 0.3) is 0 Å². The van der Waals surface area contributed by atoms with Gasteiger partial charge in [-0.1, -0.05) is 29.8 Å². The molecule has 3 fully saturated rings. The van der Waals surface area contributed by atoms with Crippen molar-refractivity contribution in [3.8, 4) is 0 Å². The maximum atomic E-state index is 12.4. The molecule has 1 aromatic rings. The number of aryl methyl sites for hydroxylation is 1. The van der Waals surface area contributed by atoms with Gasteiger partial charge in [0.15, 0.2) is 12.4 Å². The van der Waals surface area contributed by atoms with Gasteiger partial charge in [-0.3, -0.25) is 14.4 Å². The molecule has 0 spiro atoms. The molecule has 0 aromatic heterocycles. The van der Waals surface area contributed by atoms with E-state index in [-0.39, 0.29) is 42.2 Å². The van der Waals surface area contributed by atoms with Crippen LogP contribution in [0.2, 0.25) is 0 Å². The van der Waals surface area contributed by atoms with Crippen LogP contribution in [0.5, 0.6) is 0 Å². The normalized spacial score (nSPS) is 33.6. The molecule has 0 unspecified atom stereocenters. The molecule has 5 heteroatoms. The fourth-order valence-corrected chi connectivity index (χ4v) is 4.38. The molecule has 1 aromatic carbocycles. The fourth-order valence-electron chi connectivity index (χ4n) is 4.38. The van der Waals surface area contributed by atoms with Crippen LogP contribution in [-0.2, 0) is 19.1 Å². The average Bonchev–Trinajstić information content (AvgIpc) is 3.14. The lowest BCUT2D eigenvalue weighted by Crippen LogP contribution is -2.34. The summed E-state index contributed by atoms with van der Waals surface area (Å²) in [5.41, 5.74) is 1.59. The highest BCUT2D eigenvalue weighted by Gasteiger charge is 2.64. The predicted octanol–water partition coefficient (Wildman–Crippen LogP) is 1.92. The first-order chi connectivity index (χ1) is 11.0. The van der Waals surface area contributed by atoms with Gasteiger partial charge in [-0.2, -0.15) is 0 Å². The number of carbonyl (C=O) groups excluding carboxylic acids is 3. The Labute approximate surface area is 134 Å². The van der Waals surface area contributed by atoms with Crippen LogP contribution >= 0.6 is 0 Å². The molecule has 3 aliphatic rings. The molecule has 5 nitrogen and oxygen atoms in total. The summed E-state index contributed by atoms with van der Waals surface area (Å²) < 4.78 is 10.5. The zero-order chi connectivity index (χ0) is 16.1. The van der Waals surface area contributed by atoms with Crippen molar-refractivity contribution in [3.05, 3.63) is 35.4 Å². The monoisotopic (exact) mass is 314 g/mol. The van der Waals surface area contributed by atoms with E-state index in [0.29, 0.717) is 5.56 Å². The van der Waals surface area contributed by atoms with E-state index in [1.165, 1.54) is 0 Å². The van der Waals surface area contributed by atoms with Gasteiger partial charge in [0.05, 0.1) is 11.8 Å². The van der Waals surface area contributed by atoms with E-state index in [0.717, 1.165) is 18.4 Å². The van der Waals surface area contributed by atoms with E-state index in [4.69, 9.17) is 9.47 Å². The van der Waals surface area contributed by atoms with Gasteiger partial charge in [0, 0.05) is 11.5 Å². The average molecular weight is 314 g/mol. The lowest BCUT2D eigenvalue weighted by Gasteiger charge is -2.22. The first-order valence-corrected chi connectivity index (χ1v) is 8.01. The lowest BCUT2D eigenvalue weighted by atomic mass is 9.80. The summed E-state index contributed by atoms with van der Waals surface area (Å²) in [5, 5.41) is 0. The quantitative estimate of drug-likeness (QED) is 0.627. The molecule has 2 saturated carbocycles. The van der Waals surface area contributed by atoms with Gasteiger partial charge in [0.25, 0.3) is 0 Å². The summed E-state index contributed by atoms with van der Waals surface area (Å²) in [5.74, 6) is -1.40. The van der Waals surface area contributed by atoms with Crippen molar-refractivity contribution in [3.63, 3.8) is 0 Å². The van der Waals surface area contributed by atoms with E-state index in [1.807, 2.05) is 19.1 Å². The van der Waals surface area contributed by atoms with Crippen molar-refractivity contribution in [2.45, 2.75) is 25.9 Å². The molecule has 0 radical (unpaired) electrons. The number of carbonyl (C=O) groups is 3. The van der Waals surface area contributed by atoms with E-state index in [1.54, 1.807) is 12.1 Å². The second-order valence-electron chi connectivity index (χ2n) is 6.82. The molecule has 0 N–H and O–H groups in total. The number of hydrogen-bond acceptors (Lipinski definition) is 5. The molecule has 120 valence electrons. The van der Waals surface area contributed by atoms with Gasteiger partial charge >= 0.3 is 11.9 Å². The summed E-state index contributed by atoms with van der Waals surface area (Å²) in [6.45, 7) is 1.67. The second-order valence-corrected chi connectivity index (χ2v) is 6.82. The summed E-state index contributed by atoms with van der Waals surface area (Å²) in [6.07, 6.45) is 1.60. The van der Waals surface area contributed by atoms with Gasteiger partial charge < -0.3 is 9.47 Å². The highest BCUT2D eigenvalue weighted by Crippen LogP contribution is 2.57. The maximum Gasteiger partial charge on any atom is 0.310 e. The van der Waals surface area contributed by atoms with Crippen molar-refractivity contribution in [2.75, 3.05) is 6.61 Å². The Balaban J connectivity index is 1.40. The van der Waals surface area contributed by atoms with E-state index >= 15 is 0 Å². The predicted molar refractivity (Wildman–Crippen MR) is 79.5 cm³/mol.